The minimum Gasteiger partial charge on any atom is -0.456 e. The maximum absolute atomic E-state index is 9.37. The maximum Gasteiger partial charge on any atom is 0.147 e. The first-order valence-corrected chi connectivity index (χ1v) is 5.59. The molecule has 0 radical (unpaired) electrons. The SMILES string of the molecule is CC(O)c1ccc(Oc2cncc(Cl)c2)cc1. The van der Waals surface area contributed by atoms with E-state index < -0.39 is 6.10 Å². The Labute approximate surface area is 105 Å². The molecule has 1 aromatic carbocycles. The average Bonchev–Trinajstić information content (AvgIpc) is 2.29. The van der Waals surface area contributed by atoms with Crippen molar-refractivity contribution in [2.24, 2.45) is 0 Å². The lowest BCUT2D eigenvalue weighted by Gasteiger charge is -2.08. The number of ether oxygens (including phenoxy) is 1. The number of rotatable bonds is 3. The van der Waals surface area contributed by atoms with E-state index >= 15 is 0 Å². The van der Waals surface area contributed by atoms with E-state index in [4.69, 9.17) is 16.3 Å². The number of nitrogens with zero attached hydrogens (tertiary/aromatic N) is 1. The third-order valence-corrected chi connectivity index (χ3v) is 2.48. The van der Waals surface area contributed by atoms with Crippen molar-refractivity contribution in [3.63, 3.8) is 0 Å². The second-order valence-electron chi connectivity index (χ2n) is 3.69. The Morgan fingerprint density at radius 1 is 1.18 bits per heavy atom. The number of aliphatic hydroxyl groups excluding tert-OH is 1. The Morgan fingerprint density at radius 3 is 2.47 bits per heavy atom. The standard InChI is InChI=1S/C13H12ClNO2/c1-9(16)10-2-4-12(5-3-10)17-13-6-11(14)7-15-8-13/h2-9,16H,1H3. The zero-order valence-corrected chi connectivity index (χ0v) is 10.1. The van der Waals surface area contributed by atoms with Crippen LogP contribution in [0.3, 0.4) is 0 Å². The van der Waals surface area contributed by atoms with E-state index in [0.29, 0.717) is 16.5 Å². The highest BCUT2D eigenvalue weighted by Gasteiger charge is 2.02. The van der Waals surface area contributed by atoms with Gasteiger partial charge in [0.15, 0.2) is 0 Å². The van der Waals surface area contributed by atoms with E-state index in [1.807, 2.05) is 12.1 Å². The van der Waals surface area contributed by atoms with Crippen molar-refractivity contribution in [3.05, 3.63) is 53.3 Å². The van der Waals surface area contributed by atoms with Gasteiger partial charge in [0.1, 0.15) is 11.5 Å². The number of aromatic nitrogens is 1. The van der Waals surface area contributed by atoms with E-state index in [2.05, 4.69) is 4.98 Å². The largest absolute Gasteiger partial charge is 0.456 e. The van der Waals surface area contributed by atoms with Gasteiger partial charge in [-0.15, -0.1) is 0 Å². The monoisotopic (exact) mass is 249 g/mol. The Bertz CT molecular complexity index is 497. The Morgan fingerprint density at radius 2 is 1.88 bits per heavy atom. The summed E-state index contributed by atoms with van der Waals surface area (Å²) >= 11 is 5.80. The quantitative estimate of drug-likeness (QED) is 0.904. The van der Waals surface area contributed by atoms with Crippen LogP contribution in [0.25, 0.3) is 0 Å². The third-order valence-electron chi connectivity index (χ3n) is 2.28. The van der Waals surface area contributed by atoms with Gasteiger partial charge in [-0.1, -0.05) is 23.7 Å². The number of halogens is 1. The van der Waals surface area contributed by atoms with Crippen LogP contribution in [0.1, 0.15) is 18.6 Å². The van der Waals surface area contributed by atoms with E-state index in [1.54, 1.807) is 37.5 Å². The van der Waals surface area contributed by atoms with E-state index in [9.17, 15) is 5.11 Å². The fraction of sp³-hybridized carbons (Fsp3) is 0.154. The summed E-state index contributed by atoms with van der Waals surface area (Å²) in [7, 11) is 0. The van der Waals surface area contributed by atoms with Gasteiger partial charge in [-0.05, 0) is 24.6 Å². The predicted molar refractivity (Wildman–Crippen MR) is 66.4 cm³/mol. The van der Waals surface area contributed by atoms with Crippen molar-refractivity contribution >= 4 is 11.6 Å². The van der Waals surface area contributed by atoms with Crippen molar-refractivity contribution in [1.29, 1.82) is 0 Å². The number of benzene rings is 1. The topological polar surface area (TPSA) is 42.4 Å². The van der Waals surface area contributed by atoms with Crippen LogP contribution in [-0.4, -0.2) is 10.1 Å². The summed E-state index contributed by atoms with van der Waals surface area (Å²) in [6, 6.07) is 8.92. The zero-order valence-electron chi connectivity index (χ0n) is 9.30. The number of hydrogen-bond donors (Lipinski definition) is 1. The molecule has 2 rings (SSSR count). The zero-order chi connectivity index (χ0) is 12.3. The lowest BCUT2D eigenvalue weighted by Crippen LogP contribution is -1.91. The maximum atomic E-state index is 9.37. The van der Waals surface area contributed by atoms with Gasteiger partial charge >= 0.3 is 0 Å². The molecule has 1 atom stereocenters. The fourth-order valence-electron chi connectivity index (χ4n) is 1.40. The minimum atomic E-state index is -0.475. The number of pyridine rings is 1. The lowest BCUT2D eigenvalue weighted by molar-refractivity contribution is 0.199. The predicted octanol–water partition coefficient (Wildman–Crippen LogP) is 3.58. The van der Waals surface area contributed by atoms with E-state index in [0.717, 1.165) is 5.56 Å². The molecular formula is C13H12ClNO2. The van der Waals surface area contributed by atoms with Gasteiger partial charge in [-0.3, -0.25) is 4.98 Å². The van der Waals surface area contributed by atoms with Crippen LogP contribution in [0.5, 0.6) is 11.5 Å². The van der Waals surface area contributed by atoms with Crippen molar-refractivity contribution in [2.45, 2.75) is 13.0 Å². The van der Waals surface area contributed by atoms with Crippen LogP contribution in [0.2, 0.25) is 5.02 Å². The molecule has 1 aromatic heterocycles. The van der Waals surface area contributed by atoms with Gasteiger partial charge in [0.25, 0.3) is 0 Å². The first kappa shape index (κ1) is 11.9. The highest BCUT2D eigenvalue weighted by molar-refractivity contribution is 6.30. The highest BCUT2D eigenvalue weighted by Crippen LogP contribution is 2.24. The van der Waals surface area contributed by atoms with Gasteiger partial charge in [0.05, 0.1) is 17.3 Å². The lowest BCUT2D eigenvalue weighted by atomic mass is 10.1. The highest BCUT2D eigenvalue weighted by atomic mass is 35.5. The molecular weight excluding hydrogens is 238 g/mol. The average molecular weight is 250 g/mol. The molecule has 0 saturated carbocycles. The summed E-state index contributed by atoms with van der Waals surface area (Å²) in [5, 5.41) is 9.90. The Kier molecular flexibility index (Phi) is 3.61. The summed E-state index contributed by atoms with van der Waals surface area (Å²) in [6.45, 7) is 1.72. The summed E-state index contributed by atoms with van der Waals surface area (Å²) in [5.74, 6) is 1.26. The number of aliphatic hydroxyl groups is 1. The summed E-state index contributed by atoms with van der Waals surface area (Å²) < 4.78 is 5.57. The molecule has 3 nitrogen and oxygen atoms in total. The summed E-state index contributed by atoms with van der Waals surface area (Å²) in [4.78, 5) is 3.93. The van der Waals surface area contributed by atoms with E-state index in [1.165, 1.54) is 0 Å². The van der Waals surface area contributed by atoms with Gasteiger partial charge in [0.2, 0.25) is 0 Å². The number of hydrogen-bond acceptors (Lipinski definition) is 3. The second kappa shape index (κ2) is 5.17. The van der Waals surface area contributed by atoms with Gasteiger partial charge in [0, 0.05) is 12.3 Å². The molecule has 2 aromatic rings. The molecule has 4 heteroatoms. The molecule has 0 bridgehead atoms. The minimum absolute atomic E-state index is 0.475. The first-order chi connectivity index (χ1) is 8.15. The molecule has 0 aliphatic rings. The molecule has 17 heavy (non-hydrogen) atoms. The van der Waals surface area contributed by atoms with Crippen molar-refractivity contribution in [1.82, 2.24) is 4.98 Å². The summed E-state index contributed by atoms with van der Waals surface area (Å²) in [6.07, 6.45) is 2.66. The molecule has 0 amide bonds. The fourth-order valence-corrected chi connectivity index (χ4v) is 1.56. The molecule has 1 heterocycles. The molecule has 0 fully saturated rings. The molecule has 0 aliphatic heterocycles. The van der Waals surface area contributed by atoms with Gasteiger partial charge < -0.3 is 9.84 Å². The van der Waals surface area contributed by atoms with Gasteiger partial charge in [-0.25, -0.2) is 0 Å². The Hall–Kier alpha value is -1.58. The third kappa shape index (κ3) is 3.19. The van der Waals surface area contributed by atoms with Crippen molar-refractivity contribution in [2.75, 3.05) is 0 Å². The van der Waals surface area contributed by atoms with Crippen LogP contribution in [-0.2, 0) is 0 Å². The molecule has 0 aliphatic carbocycles. The summed E-state index contributed by atoms with van der Waals surface area (Å²) in [5.41, 5.74) is 0.849. The second-order valence-corrected chi connectivity index (χ2v) is 4.12. The van der Waals surface area contributed by atoms with Crippen LogP contribution in [0.4, 0.5) is 0 Å². The van der Waals surface area contributed by atoms with Crippen LogP contribution >= 0.6 is 11.6 Å². The molecule has 1 unspecified atom stereocenters. The molecule has 88 valence electrons. The van der Waals surface area contributed by atoms with Gasteiger partial charge in [-0.2, -0.15) is 0 Å². The molecule has 1 N–H and O–H groups in total. The van der Waals surface area contributed by atoms with Crippen LogP contribution in [0, 0.1) is 0 Å². The van der Waals surface area contributed by atoms with Crippen LogP contribution in [0.15, 0.2) is 42.7 Å². The Balaban J connectivity index is 2.14. The normalized spacial score (nSPS) is 12.2. The molecule has 0 spiro atoms. The first-order valence-electron chi connectivity index (χ1n) is 5.21. The van der Waals surface area contributed by atoms with Crippen LogP contribution < -0.4 is 4.74 Å². The van der Waals surface area contributed by atoms with Crippen molar-refractivity contribution < 1.29 is 9.84 Å². The van der Waals surface area contributed by atoms with Crippen molar-refractivity contribution in [3.8, 4) is 11.5 Å². The van der Waals surface area contributed by atoms with E-state index in [-0.39, 0.29) is 0 Å². The smallest absolute Gasteiger partial charge is 0.147 e. The molecule has 0 saturated heterocycles.